The summed E-state index contributed by atoms with van der Waals surface area (Å²) in [7, 11) is 0. The van der Waals surface area contributed by atoms with Gasteiger partial charge >= 0.3 is 0 Å². The maximum Gasteiger partial charge on any atom is 0.226 e. The van der Waals surface area contributed by atoms with Gasteiger partial charge in [-0.25, -0.2) is 0 Å². The van der Waals surface area contributed by atoms with Gasteiger partial charge < -0.3 is 10.6 Å². The molecule has 3 nitrogen and oxygen atoms in total. The maximum atomic E-state index is 12.2. The van der Waals surface area contributed by atoms with E-state index in [-0.39, 0.29) is 11.3 Å². The van der Waals surface area contributed by atoms with Crippen LogP contribution in [0.4, 0.5) is 0 Å². The molecular weight excluding hydrogens is 236 g/mol. The van der Waals surface area contributed by atoms with Gasteiger partial charge in [-0.2, -0.15) is 0 Å². The van der Waals surface area contributed by atoms with E-state index in [2.05, 4.69) is 35.8 Å². The number of fused-ring (bicyclic) bond motifs is 1. The van der Waals surface area contributed by atoms with Crippen LogP contribution in [0.2, 0.25) is 0 Å². The molecule has 0 spiro atoms. The number of nitrogens with one attached hydrogen (secondary N) is 2. The second kappa shape index (κ2) is 4.97. The Morgan fingerprint density at radius 3 is 2.84 bits per heavy atom. The fourth-order valence-corrected chi connectivity index (χ4v) is 3.05. The number of carbonyl (C=O) groups excluding carboxylic acids is 1. The Labute approximate surface area is 114 Å². The molecule has 3 rings (SSSR count). The molecule has 1 amide bonds. The van der Waals surface area contributed by atoms with Gasteiger partial charge in [0.2, 0.25) is 5.91 Å². The van der Waals surface area contributed by atoms with Gasteiger partial charge in [0.1, 0.15) is 0 Å². The summed E-state index contributed by atoms with van der Waals surface area (Å²) in [6.07, 6.45) is 4.27. The summed E-state index contributed by atoms with van der Waals surface area (Å²) in [4.78, 5) is 12.2. The molecule has 1 saturated carbocycles. The highest BCUT2D eigenvalue weighted by molar-refractivity contribution is 5.85. The van der Waals surface area contributed by atoms with E-state index in [1.165, 1.54) is 16.7 Å². The molecule has 0 aromatic heterocycles. The van der Waals surface area contributed by atoms with Crippen LogP contribution in [-0.4, -0.2) is 5.91 Å². The number of benzene rings is 1. The molecule has 19 heavy (non-hydrogen) atoms. The molecule has 0 bridgehead atoms. The van der Waals surface area contributed by atoms with Gasteiger partial charge in [-0.3, -0.25) is 4.79 Å². The van der Waals surface area contributed by atoms with Gasteiger partial charge in [0.05, 0.1) is 0 Å². The van der Waals surface area contributed by atoms with Crippen LogP contribution in [0, 0.1) is 5.41 Å². The number of hydrogen-bond donors (Lipinski definition) is 2. The average Bonchev–Trinajstić information content (AvgIpc) is 3.05. The fourth-order valence-electron chi connectivity index (χ4n) is 3.05. The molecule has 1 heterocycles. The highest BCUT2D eigenvalue weighted by Crippen LogP contribution is 2.49. The molecule has 0 saturated heterocycles. The van der Waals surface area contributed by atoms with Crippen molar-refractivity contribution in [2.75, 3.05) is 0 Å². The third kappa shape index (κ3) is 2.52. The molecule has 102 valence electrons. The van der Waals surface area contributed by atoms with Crippen molar-refractivity contribution in [2.45, 2.75) is 52.2 Å². The standard InChI is InChI=1S/C16H22N2O/c1-2-5-16(6-7-16)15(19)18-9-12-3-4-13-10-17-11-14(13)8-12/h3-4,8,17H,2,5-7,9-11H2,1H3,(H,18,19). The van der Waals surface area contributed by atoms with Crippen LogP contribution < -0.4 is 10.6 Å². The highest BCUT2D eigenvalue weighted by atomic mass is 16.2. The first-order valence-electron chi connectivity index (χ1n) is 7.33. The Morgan fingerprint density at radius 2 is 2.11 bits per heavy atom. The average molecular weight is 258 g/mol. The minimum Gasteiger partial charge on any atom is -0.352 e. The molecule has 2 aliphatic rings. The monoisotopic (exact) mass is 258 g/mol. The molecule has 1 aliphatic carbocycles. The van der Waals surface area contributed by atoms with Gasteiger partial charge in [0.15, 0.2) is 0 Å². The minimum absolute atomic E-state index is 0.0208. The molecule has 0 unspecified atom stereocenters. The van der Waals surface area contributed by atoms with Gasteiger partial charge in [-0.15, -0.1) is 0 Å². The molecule has 2 N–H and O–H groups in total. The van der Waals surface area contributed by atoms with Crippen LogP contribution in [0.5, 0.6) is 0 Å². The molecule has 1 fully saturated rings. The molecule has 1 aromatic carbocycles. The van der Waals surface area contributed by atoms with Gasteiger partial charge in [-0.05, 0) is 36.0 Å². The third-order valence-corrected chi connectivity index (χ3v) is 4.42. The number of hydrogen-bond acceptors (Lipinski definition) is 2. The molecular formula is C16H22N2O. The van der Waals surface area contributed by atoms with E-state index in [1.807, 2.05) is 0 Å². The first kappa shape index (κ1) is 12.7. The molecule has 1 aromatic rings. The normalized spacial score (nSPS) is 19.0. The van der Waals surface area contributed by atoms with Crippen molar-refractivity contribution in [1.82, 2.24) is 10.6 Å². The molecule has 3 heteroatoms. The van der Waals surface area contributed by atoms with Gasteiger partial charge in [-0.1, -0.05) is 31.5 Å². The van der Waals surface area contributed by atoms with Crippen molar-refractivity contribution < 1.29 is 4.79 Å². The summed E-state index contributed by atoms with van der Waals surface area (Å²) in [5, 5.41) is 6.46. The van der Waals surface area contributed by atoms with Crippen molar-refractivity contribution in [2.24, 2.45) is 5.41 Å². The van der Waals surface area contributed by atoms with E-state index >= 15 is 0 Å². The summed E-state index contributed by atoms with van der Waals surface area (Å²) < 4.78 is 0. The lowest BCUT2D eigenvalue weighted by Gasteiger charge is -2.14. The van der Waals surface area contributed by atoms with E-state index < -0.39 is 0 Å². The second-order valence-corrected chi connectivity index (χ2v) is 5.92. The topological polar surface area (TPSA) is 41.1 Å². The zero-order valence-corrected chi connectivity index (χ0v) is 11.6. The van der Waals surface area contributed by atoms with E-state index in [0.717, 1.165) is 38.8 Å². The summed E-state index contributed by atoms with van der Waals surface area (Å²) >= 11 is 0. The van der Waals surface area contributed by atoms with E-state index in [4.69, 9.17) is 0 Å². The van der Waals surface area contributed by atoms with Crippen molar-refractivity contribution in [1.29, 1.82) is 0 Å². The fraction of sp³-hybridized carbons (Fsp3) is 0.562. The Morgan fingerprint density at radius 1 is 1.32 bits per heavy atom. The SMILES string of the molecule is CCCC1(C(=O)NCc2ccc3c(c2)CNC3)CC1. The highest BCUT2D eigenvalue weighted by Gasteiger charge is 2.48. The Bertz CT molecular complexity index is 492. The molecule has 0 radical (unpaired) electrons. The van der Waals surface area contributed by atoms with Crippen molar-refractivity contribution in [3.63, 3.8) is 0 Å². The molecule has 1 aliphatic heterocycles. The minimum atomic E-state index is -0.0208. The second-order valence-electron chi connectivity index (χ2n) is 5.92. The van der Waals surface area contributed by atoms with E-state index in [1.54, 1.807) is 0 Å². The smallest absolute Gasteiger partial charge is 0.226 e. The van der Waals surface area contributed by atoms with Gasteiger partial charge in [0.25, 0.3) is 0 Å². The van der Waals surface area contributed by atoms with Gasteiger partial charge in [0, 0.05) is 25.0 Å². The molecule has 0 atom stereocenters. The third-order valence-electron chi connectivity index (χ3n) is 4.42. The first-order chi connectivity index (χ1) is 9.23. The van der Waals surface area contributed by atoms with E-state index in [0.29, 0.717) is 6.54 Å². The predicted octanol–water partition coefficient (Wildman–Crippen LogP) is 2.49. The van der Waals surface area contributed by atoms with Crippen LogP contribution in [0.25, 0.3) is 0 Å². The number of carbonyl (C=O) groups is 1. The summed E-state index contributed by atoms with van der Waals surface area (Å²) in [5.74, 6) is 0.257. The Balaban J connectivity index is 1.59. The largest absolute Gasteiger partial charge is 0.352 e. The van der Waals surface area contributed by atoms with Crippen LogP contribution in [-0.2, 0) is 24.4 Å². The Hall–Kier alpha value is -1.35. The van der Waals surface area contributed by atoms with Crippen LogP contribution in [0.15, 0.2) is 18.2 Å². The maximum absolute atomic E-state index is 12.2. The van der Waals surface area contributed by atoms with Crippen LogP contribution in [0.3, 0.4) is 0 Å². The summed E-state index contributed by atoms with van der Waals surface area (Å²) in [6, 6.07) is 6.52. The quantitative estimate of drug-likeness (QED) is 0.852. The van der Waals surface area contributed by atoms with Crippen LogP contribution in [0.1, 0.15) is 49.3 Å². The number of rotatable bonds is 5. The van der Waals surface area contributed by atoms with Crippen molar-refractivity contribution in [3.05, 3.63) is 34.9 Å². The summed E-state index contributed by atoms with van der Waals surface area (Å²) in [6.45, 7) is 4.75. The number of amides is 1. The van der Waals surface area contributed by atoms with Crippen LogP contribution >= 0.6 is 0 Å². The summed E-state index contributed by atoms with van der Waals surface area (Å²) in [5.41, 5.74) is 3.96. The lowest BCUT2D eigenvalue weighted by atomic mass is 9.99. The van der Waals surface area contributed by atoms with Crippen molar-refractivity contribution in [3.8, 4) is 0 Å². The lowest BCUT2D eigenvalue weighted by Crippen LogP contribution is -2.31. The lowest BCUT2D eigenvalue weighted by molar-refractivity contribution is -0.126. The zero-order chi connectivity index (χ0) is 13.3. The van der Waals surface area contributed by atoms with Crippen molar-refractivity contribution >= 4 is 5.91 Å². The van der Waals surface area contributed by atoms with E-state index in [9.17, 15) is 4.79 Å². The Kier molecular flexibility index (Phi) is 3.31. The zero-order valence-electron chi connectivity index (χ0n) is 11.6. The first-order valence-corrected chi connectivity index (χ1v) is 7.33. The predicted molar refractivity (Wildman–Crippen MR) is 75.4 cm³/mol.